The van der Waals surface area contributed by atoms with Gasteiger partial charge in [-0.15, -0.1) is 0 Å². The number of halogens is 1. The first-order valence-electron chi connectivity index (χ1n) is 6.60. The zero-order chi connectivity index (χ0) is 15.2. The Morgan fingerprint density at radius 1 is 1.19 bits per heavy atom. The highest BCUT2D eigenvalue weighted by atomic mass is 35.5. The summed E-state index contributed by atoms with van der Waals surface area (Å²) in [7, 11) is 0. The van der Waals surface area contributed by atoms with Gasteiger partial charge >= 0.3 is 0 Å². The lowest BCUT2D eigenvalue weighted by Gasteiger charge is -2.17. The van der Waals surface area contributed by atoms with Crippen molar-refractivity contribution in [1.29, 1.82) is 0 Å². The van der Waals surface area contributed by atoms with Crippen molar-refractivity contribution in [3.8, 4) is 5.75 Å². The molecular formula is C16H17ClN2O2. The average Bonchev–Trinajstić information content (AvgIpc) is 2.48. The Hall–Kier alpha value is -2.20. The molecule has 4 nitrogen and oxygen atoms in total. The molecule has 0 aliphatic heterocycles. The van der Waals surface area contributed by atoms with Gasteiger partial charge in [0, 0.05) is 5.02 Å². The summed E-state index contributed by atoms with van der Waals surface area (Å²) in [6, 6.07) is 14.7. The summed E-state index contributed by atoms with van der Waals surface area (Å²) in [6.07, 6.45) is -0.624. The smallest absolute Gasteiger partial charge is 0.279 e. The van der Waals surface area contributed by atoms with Gasteiger partial charge in [-0.3, -0.25) is 15.6 Å². The third-order valence-corrected chi connectivity index (χ3v) is 3.15. The number of hydrazine groups is 1. The number of carbonyl (C=O) groups is 1. The van der Waals surface area contributed by atoms with Gasteiger partial charge in [-0.2, -0.15) is 0 Å². The van der Waals surface area contributed by atoms with E-state index in [1.807, 2.05) is 37.3 Å². The molecule has 0 aliphatic rings. The van der Waals surface area contributed by atoms with Gasteiger partial charge in [0.1, 0.15) is 5.75 Å². The Morgan fingerprint density at radius 2 is 1.90 bits per heavy atom. The maximum atomic E-state index is 12.0. The molecule has 0 radical (unpaired) electrons. The van der Waals surface area contributed by atoms with Crippen molar-refractivity contribution in [3.05, 3.63) is 59.1 Å². The number of anilines is 1. The molecule has 0 spiro atoms. The molecule has 0 bridgehead atoms. The molecule has 21 heavy (non-hydrogen) atoms. The van der Waals surface area contributed by atoms with E-state index < -0.39 is 6.10 Å². The lowest BCUT2D eigenvalue weighted by Crippen LogP contribution is -2.39. The van der Waals surface area contributed by atoms with Crippen LogP contribution < -0.4 is 15.6 Å². The number of carbonyl (C=O) groups excluding carboxylic acids is 1. The Morgan fingerprint density at radius 3 is 2.57 bits per heavy atom. The standard InChI is InChI=1S/C16H17ClN2O2/c1-11-10-13(17)8-9-15(11)21-12(2)16(20)19-18-14-6-4-3-5-7-14/h3-10,12,18H,1-2H3,(H,19,20). The molecule has 0 saturated carbocycles. The van der Waals surface area contributed by atoms with Crippen LogP contribution in [0.3, 0.4) is 0 Å². The Labute approximate surface area is 129 Å². The SMILES string of the molecule is Cc1cc(Cl)ccc1OC(C)C(=O)NNc1ccccc1. The number of benzene rings is 2. The fourth-order valence-electron chi connectivity index (χ4n) is 1.75. The van der Waals surface area contributed by atoms with Crippen LogP contribution in [0.2, 0.25) is 5.02 Å². The minimum absolute atomic E-state index is 0.256. The molecule has 1 unspecified atom stereocenters. The van der Waals surface area contributed by atoms with Crippen LogP contribution in [-0.4, -0.2) is 12.0 Å². The number of hydrogen-bond donors (Lipinski definition) is 2. The first-order valence-corrected chi connectivity index (χ1v) is 6.98. The maximum Gasteiger partial charge on any atom is 0.279 e. The molecule has 0 saturated heterocycles. The summed E-state index contributed by atoms with van der Waals surface area (Å²) in [5, 5.41) is 0.641. The van der Waals surface area contributed by atoms with E-state index in [1.165, 1.54) is 0 Å². The van der Waals surface area contributed by atoms with E-state index >= 15 is 0 Å². The lowest BCUT2D eigenvalue weighted by molar-refractivity contribution is -0.126. The van der Waals surface area contributed by atoms with Crippen molar-refractivity contribution in [2.45, 2.75) is 20.0 Å². The zero-order valence-corrected chi connectivity index (χ0v) is 12.6. The highest BCUT2D eigenvalue weighted by Crippen LogP contribution is 2.22. The third-order valence-electron chi connectivity index (χ3n) is 2.91. The van der Waals surface area contributed by atoms with Crippen LogP contribution in [0, 0.1) is 6.92 Å². The van der Waals surface area contributed by atoms with Gasteiger partial charge in [0.05, 0.1) is 5.69 Å². The van der Waals surface area contributed by atoms with E-state index in [1.54, 1.807) is 25.1 Å². The molecule has 1 atom stereocenters. The van der Waals surface area contributed by atoms with Crippen molar-refractivity contribution in [3.63, 3.8) is 0 Å². The largest absolute Gasteiger partial charge is 0.481 e. The first-order chi connectivity index (χ1) is 10.1. The van der Waals surface area contributed by atoms with E-state index in [0.29, 0.717) is 10.8 Å². The maximum absolute atomic E-state index is 12.0. The molecule has 0 heterocycles. The number of nitrogens with one attached hydrogen (secondary N) is 2. The number of hydrogen-bond acceptors (Lipinski definition) is 3. The molecular weight excluding hydrogens is 288 g/mol. The Kier molecular flexibility index (Phi) is 5.06. The van der Waals surface area contributed by atoms with E-state index in [9.17, 15) is 4.79 Å². The lowest BCUT2D eigenvalue weighted by atomic mass is 10.2. The van der Waals surface area contributed by atoms with E-state index in [4.69, 9.17) is 16.3 Å². The molecule has 2 aromatic carbocycles. The summed E-state index contributed by atoms with van der Waals surface area (Å²) >= 11 is 5.89. The first kappa shape index (κ1) is 15.2. The highest BCUT2D eigenvalue weighted by molar-refractivity contribution is 6.30. The number of rotatable bonds is 5. The van der Waals surface area contributed by atoms with Crippen LogP contribution in [-0.2, 0) is 4.79 Å². The quantitative estimate of drug-likeness (QED) is 0.830. The molecule has 0 aliphatic carbocycles. The minimum Gasteiger partial charge on any atom is -0.481 e. The fourth-order valence-corrected chi connectivity index (χ4v) is 1.97. The van der Waals surface area contributed by atoms with Crippen molar-refractivity contribution in [2.24, 2.45) is 0 Å². The highest BCUT2D eigenvalue weighted by Gasteiger charge is 2.15. The molecule has 0 fully saturated rings. The number of ether oxygens (including phenoxy) is 1. The second kappa shape index (κ2) is 6.99. The molecule has 2 rings (SSSR count). The number of aryl methyl sites for hydroxylation is 1. The van der Waals surface area contributed by atoms with Gasteiger partial charge in [-0.1, -0.05) is 29.8 Å². The van der Waals surface area contributed by atoms with Crippen molar-refractivity contribution in [1.82, 2.24) is 5.43 Å². The second-order valence-electron chi connectivity index (χ2n) is 4.65. The monoisotopic (exact) mass is 304 g/mol. The van der Waals surface area contributed by atoms with Crippen LogP contribution in [0.25, 0.3) is 0 Å². The average molecular weight is 305 g/mol. The Bertz CT molecular complexity index is 617. The summed E-state index contributed by atoms with van der Waals surface area (Å²) in [4.78, 5) is 12.0. The molecule has 2 aromatic rings. The normalized spacial score (nSPS) is 11.6. The van der Waals surface area contributed by atoms with Gasteiger partial charge in [0.25, 0.3) is 5.91 Å². The van der Waals surface area contributed by atoms with E-state index in [0.717, 1.165) is 11.3 Å². The van der Waals surface area contributed by atoms with Crippen LogP contribution in [0.15, 0.2) is 48.5 Å². The van der Waals surface area contributed by atoms with Crippen molar-refractivity contribution >= 4 is 23.2 Å². The van der Waals surface area contributed by atoms with E-state index in [-0.39, 0.29) is 5.91 Å². The topological polar surface area (TPSA) is 50.4 Å². The zero-order valence-electron chi connectivity index (χ0n) is 11.9. The Balaban J connectivity index is 1.90. The second-order valence-corrected chi connectivity index (χ2v) is 5.09. The van der Waals surface area contributed by atoms with Crippen molar-refractivity contribution in [2.75, 3.05) is 5.43 Å². The molecule has 0 aromatic heterocycles. The van der Waals surface area contributed by atoms with Gasteiger partial charge in [-0.05, 0) is 49.7 Å². The summed E-state index contributed by atoms with van der Waals surface area (Å²) in [5.41, 5.74) is 7.14. The van der Waals surface area contributed by atoms with Gasteiger partial charge in [0.2, 0.25) is 0 Å². The van der Waals surface area contributed by atoms with Crippen LogP contribution in [0.5, 0.6) is 5.75 Å². The van der Waals surface area contributed by atoms with Gasteiger partial charge in [-0.25, -0.2) is 0 Å². The molecule has 110 valence electrons. The summed E-state index contributed by atoms with van der Waals surface area (Å²) in [5.74, 6) is 0.384. The third kappa shape index (κ3) is 4.39. The molecule has 2 N–H and O–H groups in total. The number of amides is 1. The predicted octanol–water partition coefficient (Wildman–Crippen LogP) is 3.56. The van der Waals surface area contributed by atoms with Gasteiger partial charge < -0.3 is 4.74 Å². The van der Waals surface area contributed by atoms with Crippen LogP contribution in [0.4, 0.5) is 5.69 Å². The van der Waals surface area contributed by atoms with Crippen LogP contribution in [0.1, 0.15) is 12.5 Å². The minimum atomic E-state index is -0.624. The summed E-state index contributed by atoms with van der Waals surface area (Å²) < 4.78 is 5.64. The fraction of sp³-hybridized carbons (Fsp3) is 0.188. The predicted molar refractivity (Wildman–Crippen MR) is 84.5 cm³/mol. The van der Waals surface area contributed by atoms with Crippen LogP contribution >= 0.6 is 11.6 Å². The van der Waals surface area contributed by atoms with Gasteiger partial charge in [0.15, 0.2) is 6.10 Å². The van der Waals surface area contributed by atoms with Crippen molar-refractivity contribution < 1.29 is 9.53 Å². The summed E-state index contributed by atoms with van der Waals surface area (Å²) in [6.45, 7) is 3.57. The number of para-hydroxylation sites is 1. The van der Waals surface area contributed by atoms with E-state index in [2.05, 4.69) is 10.9 Å². The molecule has 1 amide bonds. The molecule has 5 heteroatoms.